The number of aromatic nitrogens is 2. The van der Waals surface area contributed by atoms with E-state index in [0.717, 1.165) is 11.6 Å². The minimum atomic E-state index is 0.969. The molecule has 1 aromatic carbocycles. The first kappa shape index (κ1) is 13.0. The zero-order valence-corrected chi connectivity index (χ0v) is 12.2. The SMILES string of the molecule is Cc1ccc(SCc2ccccc2)n1-c1ccccn1. The summed E-state index contributed by atoms with van der Waals surface area (Å²) < 4.78 is 2.20. The summed E-state index contributed by atoms with van der Waals surface area (Å²) in [5.41, 5.74) is 2.54. The lowest BCUT2D eigenvalue weighted by Crippen LogP contribution is -2.00. The minimum absolute atomic E-state index is 0.969. The molecule has 0 aliphatic heterocycles. The average molecular weight is 280 g/mol. The molecule has 100 valence electrons. The van der Waals surface area contributed by atoms with Gasteiger partial charge < -0.3 is 0 Å². The topological polar surface area (TPSA) is 17.8 Å². The van der Waals surface area contributed by atoms with Gasteiger partial charge in [-0.05, 0) is 36.8 Å². The fraction of sp³-hybridized carbons (Fsp3) is 0.118. The van der Waals surface area contributed by atoms with Gasteiger partial charge in [-0.2, -0.15) is 0 Å². The summed E-state index contributed by atoms with van der Waals surface area (Å²) in [5.74, 6) is 1.95. The third kappa shape index (κ3) is 2.78. The van der Waals surface area contributed by atoms with E-state index in [1.54, 1.807) is 0 Å². The van der Waals surface area contributed by atoms with Crippen molar-refractivity contribution in [3.8, 4) is 5.82 Å². The van der Waals surface area contributed by atoms with E-state index in [1.165, 1.54) is 16.3 Å². The predicted molar refractivity (Wildman–Crippen MR) is 84.3 cm³/mol. The molecule has 20 heavy (non-hydrogen) atoms. The first-order chi connectivity index (χ1) is 9.84. The minimum Gasteiger partial charge on any atom is -0.293 e. The molecule has 0 saturated heterocycles. The number of hydrogen-bond acceptors (Lipinski definition) is 2. The van der Waals surface area contributed by atoms with Crippen LogP contribution < -0.4 is 0 Å². The highest BCUT2D eigenvalue weighted by Crippen LogP contribution is 2.27. The van der Waals surface area contributed by atoms with Crippen molar-refractivity contribution in [3.05, 3.63) is 78.1 Å². The lowest BCUT2D eigenvalue weighted by molar-refractivity contribution is 0.875. The summed E-state index contributed by atoms with van der Waals surface area (Å²) in [4.78, 5) is 4.45. The number of rotatable bonds is 4. The maximum atomic E-state index is 4.45. The van der Waals surface area contributed by atoms with Crippen molar-refractivity contribution in [2.24, 2.45) is 0 Å². The molecule has 2 heterocycles. The highest BCUT2D eigenvalue weighted by molar-refractivity contribution is 7.98. The summed E-state index contributed by atoms with van der Waals surface area (Å²) in [6.45, 7) is 2.11. The molecule has 2 aromatic heterocycles. The largest absolute Gasteiger partial charge is 0.293 e. The molecule has 3 rings (SSSR count). The Labute approximate surface area is 123 Å². The van der Waals surface area contributed by atoms with Gasteiger partial charge in [-0.1, -0.05) is 36.4 Å². The van der Waals surface area contributed by atoms with Crippen LogP contribution in [-0.4, -0.2) is 9.55 Å². The van der Waals surface area contributed by atoms with Gasteiger partial charge >= 0.3 is 0 Å². The molecule has 0 radical (unpaired) electrons. The highest BCUT2D eigenvalue weighted by atomic mass is 32.2. The summed E-state index contributed by atoms with van der Waals surface area (Å²) in [6.07, 6.45) is 1.83. The molecule has 2 nitrogen and oxygen atoms in total. The maximum Gasteiger partial charge on any atom is 0.137 e. The Kier molecular flexibility index (Phi) is 3.88. The van der Waals surface area contributed by atoms with Crippen molar-refractivity contribution in [1.29, 1.82) is 0 Å². The van der Waals surface area contributed by atoms with Crippen LogP contribution >= 0.6 is 11.8 Å². The molecular weight excluding hydrogens is 264 g/mol. The second-order valence-electron chi connectivity index (χ2n) is 4.61. The molecule has 0 amide bonds. The van der Waals surface area contributed by atoms with E-state index in [-0.39, 0.29) is 0 Å². The molecule has 0 fully saturated rings. The molecule has 0 unspecified atom stereocenters. The molecule has 0 saturated carbocycles. The van der Waals surface area contributed by atoms with Gasteiger partial charge in [-0.25, -0.2) is 4.98 Å². The van der Waals surface area contributed by atoms with E-state index in [1.807, 2.05) is 36.2 Å². The van der Waals surface area contributed by atoms with Crippen LogP contribution in [0.25, 0.3) is 5.82 Å². The first-order valence-corrected chi connectivity index (χ1v) is 7.59. The van der Waals surface area contributed by atoms with Crippen LogP contribution in [0, 0.1) is 6.92 Å². The first-order valence-electron chi connectivity index (χ1n) is 6.61. The Morgan fingerprint density at radius 3 is 2.50 bits per heavy atom. The zero-order valence-electron chi connectivity index (χ0n) is 11.4. The number of thioether (sulfide) groups is 1. The van der Waals surface area contributed by atoms with Gasteiger partial charge in [0.25, 0.3) is 0 Å². The number of benzene rings is 1. The van der Waals surface area contributed by atoms with E-state index in [4.69, 9.17) is 0 Å². The Morgan fingerprint density at radius 1 is 0.950 bits per heavy atom. The molecule has 0 spiro atoms. The van der Waals surface area contributed by atoms with Gasteiger partial charge in [0.1, 0.15) is 5.82 Å². The standard InChI is InChI=1S/C17H16N2S/c1-14-10-11-17(19(14)16-9-5-6-12-18-16)20-13-15-7-3-2-4-8-15/h2-12H,13H2,1H3. The summed E-state index contributed by atoms with van der Waals surface area (Å²) in [7, 11) is 0. The van der Waals surface area contributed by atoms with E-state index in [0.29, 0.717) is 0 Å². The van der Waals surface area contributed by atoms with Gasteiger partial charge in [0.05, 0.1) is 5.03 Å². The number of hydrogen-bond donors (Lipinski definition) is 0. The van der Waals surface area contributed by atoms with Crippen LogP contribution in [0.1, 0.15) is 11.3 Å². The van der Waals surface area contributed by atoms with Crippen LogP contribution in [0.2, 0.25) is 0 Å². The van der Waals surface area contributed by atoms with E-state index in [9.17, 15) is 0 Å². The summed E-state index contributed by atoms with van der Waals surface area (Å²) in [5, 5.41) is 1.23. The molecule has 0 aliphatic carbocycles. The predicted octanol–water partition coefficient (Wildman–Crippen LogP) is 4.47. The molecule has 0 aliphatic rings. The van der Waals surface area contributed by atoms with Crippen molar-refractivity contribution >= 4 is 11.8 Å². The van der Waals surface area contributed by atoms with Crippen LogP contribution in [0.4, 0.5) is 0 Å². The average Bonchev–Trinajstić information content (AvgIpc) is 2.88. The van der Waals surface area contributed by atoms with Crippen LogP contribution in [0.3, 0.4) is 0 Å². The van der Waals surface area contributed by atoms with Crippen molar-refractivity contribution in [1.82, 2.24) is 9.55 Å². The quantitative estimate of drug-likeness (QED) is 0.656. The molecule has 3 heteroatoms. The fourth-order valence-electron chi connectivity index (χ4n) is 2.14. The fourth-order valence-corrected chi connectivity index (χ4v) is 3.18. The lowest BCUT2D eigenvalue weighted by Gasteiger charge is -2.10. The number of nitrogens with zero attached hydrogens (tertiary/aromatic N) is 2. The van der Waals surface area contributed by atoms with Crippen molar-refractivity contribution < 1.29 is 0 Å². The van der Waals surface area contributed by atoms with Gasteiger partial charge in [0.2, 0.25) is 0 Å². The molecular formula is C17H16N2S. The van der Waals surface area contributed by atoms with Gasteiger partial charge in [0.15, 0.2) is 0 Å². The van der Waals surface area contributed by atoms with Crippen LogP contribution in [0.15, 0.2) is 71.9 Å². The zero-order chi connectivity index (χ0) is 13.8. The van der Waals surface area contributed by atoms with E-state index < -0.39 is 0 Å². The normalized spacial score (nSPS) is 10.7. The highest BCUT2D eigenvalue weighted by Gasteiger charge is 2.08. The summed E-state index contributed by atoms with van der Waals surface area (Å²) in [6, 6.07) is 20.8. The molecule has 3 aromatic rings. The second kappa shape index (κ2) is 5.97. The Balaban J connectivity index is 1.85. The lowest BCUT2D eigenvalue weighted by atomic mass is 10.2. The second-order valence-corrected chi connectivity index (χ2v) is 5.61. The van der Waals surface area contributed by atoms with Crippen LogP contribution in [-0.2, 0) is 5.75 Å². The van der Waals surface area contributed by atoms with E-state index in [2.05, 4.69) is 58.9 Å². The molecule has 0 bridgehead atoms. The Bertz CT molecular complexity index is 675. The van der Waals surface area contributed by atoms with Crippen molar-refractivity contribution in [2.75, 3.05) is 0 Å². The van der Waals surface area contributed by atoms with Gasteiger partial charge in [-0.3, -0.25) is 4.57 Å². The Hall–Kier alpha value is -2.00. The number of pyridine rings is 1. The molecule has 0 N–H and O–H groups in total. The maximum absolute atomic E-state index is 4.45. The number of aryl methyl sites for hydroxylation is 1. The van der Waals surface area contributed by atoms with Crippen LogP contribution in [0.5, 0.6) is 0 Å². The van der Waals surface area contributed by atoms with Crippen molar-refractivity contribution in [2.45, 2.75) is 17.7 Å². The Morgan fingerprint density at radius 2 is 1.75 bits per heavy atom. The monoisotopic (exact) mass is 280 g/mol. The van der Waals surface area contributed by atoms with Gasteiger partial charge in [0, 0.05) is 17.6 Å². The van der Waals surface area contributed by atoms with Gasteiger partial charge in [-0.15, -0.1) is 11.8 Å². The summed E-state index contributed by atoms with van der Waals surface area (Å²) >= 11 is 1.84. The molecule has 0 atom stereocenters. The smallest absolute Gasteiger partial charge is 0.137 e. The van der Waals surface area contributed by atoms with E-state index >= 15 is 0 Å². The third-order valence-electron chi connectivity index (χ3n) is 3.15. The van der Waals surface area contributed by atoms with Crippen molar-refractivity contribution in [3.63, 3.8) is 0 Å². The third-order valence-corrected chi connectivity index (χ3v) is 4.24.